The standard InChI is InChI=1S/C21H26N6O.HI/c1-3-22-21(24-13-10-18-7-4-5-8-19(18)28-2)25-16-17-9-12-23-20(15-17)27-14-6-11-26-27;/h4-9,11-12,14-15H,3,10,13,16H2,1-2H3,(H2,22,24,25);1H. The van der Waals surface area contributed by atoms with Crippen LogP contribution in [0.2, 0.25) is 0 Å². The summed E-state index contributed by atoms with van der Waals surface area (Å²) < 4.78 is 7.15. The first-order valence-electron chi connectivity index (χ1n) is 9.39. The molecule has 2 aromatic heterocycles. The van der Waals surface area contributed by atoms with Gasteiger partial charge in [-0.3, -0.25) is 0 Å². The van der Waals surface area contributed by atoms with Gasteiger partial charge in [0.15, 0.2) is 11.8 Å². The van der Waals surface area contributed by atoms with E-state index in [0.29, 0.717) is 6.54 Å². The number of nitrogens with one attached hydrogen (secondary N) is 2. The molecule has 0 saturated carbocycles. The number of ether oxygens (including phenoxy) is 1. The summed E-state index contributed by atoms with van der Waals surface area (Å²) in [5, 5.41) is 10.9. The molecule has 0 bridgehead atoms. The molecule has 0 atom stereocenters. The van der Waals surface area contributed by atoms with Crippen LogP contribution in [0.25, 0.3) is 5.82 Å². The molecule has 0 fully saturated rings. The number of hydrogen-bond acceptors (Lipinski definition) is 4. The van der Waals surface area contributed by atoms with E-state index < -0.39 is 0 Å². The summed E-state index contributed by atoms with van der Waals surface area (Å²) in [5.74, 6) is 2.48. The molecule has 0 amide bonds. The van der Waals surface area contributed by atoms with Crippen molar-refractivity contribution in [2.45, 2.75) is 19.9 Å². The van der Waals surface area contributed by atoms with Gasteiger partial charge in [-0.25, -0.2) is 14.7 Å². The van der Waals surface area contributed by atoms with Gasteiger partial charge in [0, 0.05) is 31.7 Å². The number of rotatable bonds is 8. The smallest absolute Gasteiger partial charge is 0.191 e. The number of aromatic nitrogens is 3. The molecule has 154 valence electrons. The van der Waals surface area contributed by atoms with E-state index in [1.165, 1.54) is 5.56 Å². The van der Waals surface area contributed by atoms with Gasteiger partial charge in [-0.2, -0.15) is 5.10 Å². The van der Waals surface area contributed by atoms with Gasteiger partial charge >= 0.3 is 0 Å². The van der Waals surface area contributed by atoms with Crippen molar-refractivity contribution in [3.8, 4) is 11.6 Å². The van der Waals surface area contributed by atoms with Crippen molar-refractivity contribution in [3.05, 3.63) is 72.2 Å². The highest BCUT2D eigenvalue weighted by atomic mass is 127. The van der Waals surface area contributed by atoms with E-state index in [4.69, 9.17) is 4.74 Å². The third-order valence-electron chi connectivity index (χ3n) is 4.19. The van der Waals surface area contributed by atoms with E-state index in [0.717, 1.165) is 42.6 Å². The lowest BCUT2D eigenvalue weighted by atomic mass is 10.1. The second-order valence-electron chi connectivity index (χ2n) is 6.16. The maximum atomic E-state index is 5.41. The van der Waals surface area contributed by atoms with E-state index >= 15 is 0 Å². The van der Waals surface area contributed by atoms with Crippen LogP contribution in [0.1, 0.15) is 18.1 Å². The zero-order valence-corrected chi connectivity index (χ0v) is 19.0. The number of aliphatic imine (C=N–C) groups is 1. The van der Waals surface area contributed by atoms with Gasteiger partial charge in [-0.15, -0.1) is 24.0 Å². The topological polar surface area (TPSA) is 76.4 Å². The minimum Gasteiger partial charge on any atom is -0.496 e. The molecule has 29 heavy (non-hydrogen) atoms. The van der Waals surface area contributed by atoms with Crippen molar-refractivity contribution in [1.29, 1.82) is 0 Å². The van der Waals surface area contributed by atoms with E-state index in [1.54, 1.807) is 24.2 Å². The maximum Gasteiger partial charge on any atom is 0.191 e. The van der Waals surface area contributed by atoms with Gasteiger partial charge in [0.1, 0.15) is 5.75 Å². The zero-order chi connectivity index (χ0) is 19.6. The Hall–Kier alpha value is -2.62. The Kier molecular flexibility index (Phi) is 9.42. The first-order valence-corrected chi connectivity index (χ1v) is 9.39. The average molecular weight is 506 g/mol. The molecule has 7 nitrogen and oxygen atoms in total. The SMILES string of the molecule is CCNC(=NCc1ccnc(-n2cccn2)c1)NCCc1ccccc1OC.I. The van der Waals surface area contributed by atoms with Crippen molar-refractivity contribution < 1.29 is 4.74 Å². The molecule has 3 aromatic rings. The Morgan fingerprint density at radius 1 is 1.14 bits per heavy atom. The summed E-state index contributed by atoms with van der Waals surface area (Å²) in [6.07, 6.45) is 6.25. The minimum absolute atomic E-state index is 0. The monoisotopic (exact) mass is 506 g/mol. The molecular formula is C21H27IN6O. The number of guanidine groups is 1. The average Bonchev–Trinajstić information content (AvgIpc) is 3.27. The minimum atomic E-state index is 0. The van der Waals surface area contributed by atoms with Crippen molar-refractivity contribution in [1.82, 2.24) is 25.4 Å². The number of benzene rings is 1. The number of hydrogen-bond donors (Lipinski definition) is 2. The lowest BCUT2D eigenvalue weighted by Crippen LogP contribution is -2.38. The molecule has 2 N–H and O–H groups in total. The summed E-state index contributed by atoms with van der Waals surface area (Å²) in [5.41, 5.74) is 2.24. The zero-order valence-electron chi connectivity index (χ0n) is 16.7. The van der Waals surface area contributed by atoms with E-state index in [2.05, 4.69) is 38.7 Å². The lowest BCUT2D eigenvalue weighted by Gasteiger charge is -2.13. The molecule has 2 heterocycles. The summed E-state index contributed by atoms with van der Waals surface area (Å²) >= 11 is 0. The first-order chi connectivity index (χ1) is 13.8. The third-order valence-corrected chi connectivity index (χ3v) is 4.19. The normalized spacial score (nSPS) is 10.9. The van der Waals surface area contributed by atoms with Crippen LogP contribution in [0, 0.1) is 0 Å². The fourth-order valence-corrected chi connectivity index (χ4v) is 2.83. The highest BCUT2D eigenvalue weighted by Crippen LogP contribution is 2.17. The van der Waals surface area contributed by atoms with Crippen LogP contribution in [0.5, 0.6) is 5.75 Å². The van der Waals surface area contributed by atoms with Crippen LogP contribution in [-0.2, 0) is 13.0 Å². The van der Waals surface area contributed by atoms with Gasteiger partial charge in [0.05, 0.1) is 13.7 Å². The highest BCUT2D eigenvalue weighted by molar-refractivity contribution is 14.0. The van der Waals surface area contributed by atoms with E-state index in [1.807, 2.05) is 42.6 Å². The van der Waals surface area contributed by atoms with Gasteiger partial charge in [0.2, 0.25) is 0 Å². The maximum absolute atomic E-state index is 5.41. The Bertz CT molecular complexity index is 898. The third kappa shape index (κ3) is 6.74. The summed E-state index contributed by atoms with van der Waals surface area (Å²) in [7, 11) is 1.70. The molecule has 0 unspecified atom stereocenters. The lowest BCUT2D eigenvalue weighted by molar-refractivity contribution is 0.409. The summed E-state index contributed by atoms with van der Waals surface area (Å²) in [6, 6.07) is 13.9. The van der Waals surface area contributed by atoms with Crippen LogP contribution in [-0.4, -0.2) is 40.9 Å². The second kappa shape index (κ2) is 12.1. The highest BCUT2D eigenvalue weighted by Gasteiger charge is 2.04. The van der Waals surface area contributed by atoms with Crippen molar-refractivity contribution >= 4 is 29.9 Å². The van der Waals surface area contributed by atoms with Crippen LogP contribution in [0.15, 0.2) is 66.0 Å². The molecule has 0 saturated heterocycles. The number of pyridine rings is 1. The summed E-state index contributed by atoms with van der Waals surface area (Å²) in [6.45, 7) is 4.18. The van der Waals surface area contributed by atoms with Gasteiger partial charge in [-0.1, -0.05) is 18.2 Å². The van der Waals surface area contributed by atoms with Crippen molar-refractivity contribution in [2.75, 3.05) is 20.2 Å². The molecule has 8 heteroatoms. The second-order valence-corrected chi connectivity index (χ2v) is 6.16. The molecule has 0 spiro atoms. The Morgan fingerprint density at radius 2 is 2.00 bits per heavy atom. The fraction of sp³-hybridized carbons (Fsp3) is 0.286. The molecule has 3 rings (SSSR count). The first kappa shape index (κ1) is 22.7. The predicted octanol–water partition coefficient (Wildman–Crippen LogP) is 3.19. The largest absolute Gasteiger partial charge is 0.496 e. The number of methoxy groups -OCH3 is 1. The quantitative estimate of drug-likeness (QED) is 0.279. The van der Waals surface area contributed by atoms with Crippen molar-refractivity contribution in [2.24, 2.45) is 4.99 Å². The number of halogens is 1. The Labute approximate surface area is 188 Å². The van der Waals surface area contributed by atoms with Crippen LogP contribution in [0.4, 0.5) is 0 Å². The van der Waals surface area contributed by atoms with Gasteiger partial charge in [0.25, 0.3) is 0 Å². The number of nitrogens with zero attached hydrogens (tertiary/aromatic N) is 4. The number of para-hydroxylation sites is 1. The molecular weight excluding hydrogens is 479 g/mol. The van der Waals surface area contributed by atoms with Crippen molar-refractivity contribution in [3.63, 3.8) is 0 Å². The Morgan fingerprint density at radius 3 is 2.76 bits per heavy atom. The molecule has 1 aromatic carbocycles. The molecule has 0 aliphatic heterocycles. The van der Waals surface area contributed by atoms with Gasteiger partial charge < -0.3 is 15.4 Å². The van der Waals surface area contributed by atoms with Crippen LogP contribution in [0.3, 0.4) is 0 Å². The predicted molar refractivity (Wildman–Crippen MR) is 126 cm³/mol. The fourth-order valence-electron chi connectivity index (χ4n) is 2.83. The summed E-state index contributed by atoms with van der Waals surface area (Å²) in [4.78, 5) is 9.04. The Balaban J connectivity index is 0.00000300. The van der Waals surface area contributed by atoms with Gasteiger partial charge in [-0.05, 0) is 48.7 Å². The molecule has 0 aliphatic rings. The van der Waals surface area contributed by atoms with E-state index in [9.17, 15) is 0 Å². The van der Waals surface area contributed by atoms with E-state index in [-0.39, 0.29) is 24.0 Å². The molecule has 0 radical (unpaired) electrons. The van der Waals surface area contributed by atoms with Crippen LogP contribution < -0.4 is 15.4 Å². The molecule has 0 aliphatic carbocycles. The van der Waals surface area contributed by atoms with Crippen LogP contribution >= 0.6 is 24.0 Å².